The van der Waals surface area contributed by atoms with Crippen molar-refractivity contribution in [3.8, 4) is 0 Å². The van der Waals surface area contributed by atoms with Crippen LogP contribution in [-0.2, 0) is 22.4 Å². The maximum Gasteiger partial charge on any atom is 0.309 e. The zero-order valence-electron chi connectivity index (χ0n) is 9.46. The van der Waals surface area contributed by atoms with Crippen molar-refractivity contribution >= 4 is 17.0 Å². The van der Waals surface area contributed by atoms with Crippen molar-refractivity contribution in [1.82, 2.24) is 15.4 Å². The van der Waals surface area contributed by atoms with Gasteiger partial charge in [0.2, 0.25) is 0 Å². The number of ether oxygens (including phenoxy) is 1. The summed E-state index contributed by atoms with van der Waals surface area (Å²) in [5.41, 5.74) is 0.222. The first-order valence-electron chi connectivity index (χ1n) is 5.40. The third kappa shape index (κ3) is 1.33. The van der Waals surface area contributed by atoms with Crippen molar-refractivity contribution in [1.29, 1.82) is 0 Å². The van der Waals surface area contributed by atoms with E-state index in [-0.39, 0.29) is 35.0 Å². The number of H-pyrrole nitrogens is 1. The number of carbonyl (C=O) groups is 1. The Hall–Kier alpha value is -2.05. The lowest BCUT2D eigenvalue weighted by Gasteiger charge is -2.04. The average molecular weight is 253 g/mol. The van der Waals surface area contributed by atoms with E-state index in [1.807, 2.05) is 0 Å². The molecule has 18 heavy (non-hydrogen) atoms. The number of nitrogens with zero attached hydrogens (tertiary/aromatic N) is 2. The molecule has 7 heteroatoms. The second-order valence-corrected chi connectivity index (χ2v) is 4.25. The maximum absolute atomic E-state index is 14.1. The van der Waals surface area contributed by atoms with Crippen molar-refractivity contribution in [2.45, 2.75) is 12.8 Å². The van der Waals surface area contributed by atoms with E-state index >= 15 is 0 Å². The van der Waals surface area contributed by atoms with Gasteiger partial charge in [-0.25, -0.2) is 8.78 Å². The summed E-state index contributed by atoms with van der Waals surface area (Å²) in [6, 6.07) is 0. The molecule has 0 saturated heterocycles. The number of hydrogen-bond acceptors (Lipinski definition) is 4. The van der Waals surface area contributed by atoms with E-state index in [1.54, 1.807) is 0 Å². The molecule has 1 N–H and O–H groups in total. The molecule has 0 aliphatic heterocycles. The van der Waals surface area contributed by atoms with E-state index in [0.717, 1.165) is 0 Å². The van der Waals surface area contributed by atoms with Gasteiger partial charge in [-0.15, -0.1) is 5.10 Å². The first kappa shape index (κ1) is 11.1. The molecule has 5 nitrogen and oxygen atoms in total. The smallest absolute Gasteiger partial charge is 0.309 e. The Kier molecular flexibility index (Phi) is 2.29. The maximum atomic E-state index is 14.1. The summed E-state index contributed by atoms with van der Waals surface area (Å²) in [4.78, 5) is 11.4. The third-order valence-electron chi connectivity index (χ3n) is 3.31. The van der Waals surface area contributed by atoms with Crippen molar-refractivity contribution in [2.24, 2.45) is 5.92 Å². The average Bonchev–Trinajstić information content (AvgIpc) is 3.01. The number of methoxy groups -OCH3 is 1. The van der Waals surface area contributed by atoms with E-state index in [1.165, 1.54) is 7.11 Å². The standard InChI is InChI=1S/C11H9F2N3O2/c1-18-11(17)4-2-5-6(3-4)8(13)10-9(7(5)12)14-16-15-10/h4H,2-3H2,1H3,(H,14,15,16). The lowest BCUT2D eigenvalue weighted by molar-refractivity contribution is -0.145. The number of aromatic nitrogens is 3. The zero-order valence-corrected chi connectivity index (χ0v) is 9.46. The molecular formula is C11H9F2N3O2. The molecule has 1 aromatic heterocycles. The summed E-state index contributed by atoms with van der Waals surface area (Å²) in [6.07, 6.45) is 0.271. The third-order valence-corrected chi connectivity index (χ3v) is 3.31. The summed E-state index contributed by atoms with van der Waals surface area (Å²) >= 11 is 0. The van der Waals surface area contributed by atoms with Crippen LogP contribution in [0, 0.1) is 17.6 Å². The van der Waals surface area contributed by atoms with E-state index in [9.17, 15) is 13.6 Å². The van der Waals surface area contributed by atoms with Crippen LogP contribution in [0.5, 0.6) is 0 Å². The Morgan fingerprint density at radius 3 is 2.67 bits per heavy atom. The SMILES string of the molecule is COC(=O)C1Cc2c(c(F)c3[nH]nnc3c2F)C1. The Balaban J connectivity index is 2.16. The molecular weight excluding hydrogens is 244 g/mol. The molecule has 1 heterocycles. The predicted molar refractivity (Wildman–Crippen MR) is 56.7 cm³/mol. The predicted octanol–water partition coefficient (Wildman–Crippen LogP) is 1.12. The number of halogens is 2. The minimum Gasteiger partial charge on any atom is -0.469 e. The van der Waals surface area contributed by atoms with Crippen LogP contribution in [0.4, 0.5) is 8.78 Å². The van der Waals surface area contributed by atoms with Gasteiger partial charge in [-0.05, 0) is 24.0 Å². The molecule has 94 valence electrons. The Bertz CT molecular complexity index is 607. The number of benzene rings is 1. The van der Waals surface area contributed by atoms with Gasteiger partial charge >= 0.3 is 5.97 Å². The molecule has 0 saturated carbocycles. The van der Waals surface area contributed by atoms with Gasteiger partial charge in [-0.2, -0.15) is 0 Å². The van der Waals surface area contributed by atoms with Crippen molar-refractivity contribution in [3.05, 3.63) is 22.8 Å². The first-order valence-corrected chi connectivity index (χ1v) is 5.40. The van der Waals surface area contributed by atoms with Gasteiger partial charge in [0, 0.05) is 0 Å². The molecule has 1 aliphatic carbocycles. The highest BCUT2D eigenvalue weighted by Crippen LogP contribution is 2.35. The van der Waals surface area contributed by atoms with E-state index in [0.29, 0.717) is 0 Å². The van der Waals surface area contributed by atoms with Crippen LogP contribution in [-0.4, -0.2) is 28.5 Å². The fourth-order valence-electron chi connectivity index (χ4n) is 2.42. The number of hydrogen-bond donors (Lipinski definition) is 1. The Morgan fingerprint density at radius 1 is 1.33 bits per heavy atom. The molecule has 1 atom stereocenters. The van der Waals surface area contributed by atoms with E-state index in [2.05, 4.69) is 20.1 Å². The van der Waals surface area contributed by atoms with Crippen LogP contribution in [0.3, 0.4) is 0 Å². The topological polar surface area (TPSA) is 67.9 Å². The van der Waals surface area contributed by atoms with Gasteiger partial charge < -0.3 is 4.74 Å². The second kappa shape index (κ2) is 3.72. The lowest BCUT2D eigenvalue weighted by atomic mass is 10.1. The molecule has 1 aromatic carbocycles. The number of rotatable bonds is 1. The van der Waals surface area contributed by atoms with Crippen LogP contribution < -0.4 is 0 Å². The quantitative estimate of drug-likeness (QED) is 0.773. The molecule has 0 bridgehead atoms. The van der Waals surface area contributed by atoms with Crippen LogP contribution >= 0.6 is 0 Å². The van der Waals surface area contributed by atoms with Gasteiger partial charge in [-0.1, -0.05) is 5.21 Å². The van der Waals surface area contributed by atoms with Crippen molar-refractivity contribution in [3.63, 3.8) is 0 Å². The molecule has 1 unspecified atom stereocenters. The van der Waals surface area contributed by atoms with Crippen LogP contribution in [0.25, 0.3) is 11.0 Å². The Labute approximate surface area is 100 Å². The number of carbonyl (C=O) groups excluding carboxylic acids is 1. The van der Waals surface area contributed by atoms with Crippen molar-refractivity contribution < 1.29 is 18.3 Å². The summed E-state index contributed by atoms with van der Waals surface area (Å²) in [7, 11) is 1.26. The number of fused-ring (bicyclic) bond motifs is 2. The molecule has 0 radical (unpaired) electrons. The lowest BCUT2D eigenvalue weighted by Crippen LogP contribution is -2.16. The van der Waals surface area contributed by atoms with E-state index < -0.39 is 23.5 Å². The Morgan fingerprint density at radius 2 is 2.00 bits per heavy atom. The number of nitrogens with one attached hydrogen (secondary N) is 1. The van der Waals surface area contributed by atoms with Gasteiger partial charge in [0.25, 0.3) is 0 Å². The molecule has 3 rings (SSSR count). The monoisotopic (exact) mass is 253 g/mol. The highest BCUT2D eigenvalue weighted by molar-refractivity contribution is 5.80. The van der Waals surface area contributed by atoms with Gasteiger partial charge in [0.15, 0.2) is 17.2 Å². The zero-order chi connectivity index (χ0) is 12.9. The largest absolute Gasteiger partial charge is 0.469 e. The first-order chi connectivity index (χ1) is 8.63. The van der Waals surface area contributed by atoms with Crippen LogP contribution in [0.2, 0.25) is 0 Å². The van der Waals surface area contributed by atoms with Gasteiger partial charge in [0.1, 0.15) is 5.52 Å². The molecule has 0 fully saturated rings. The summed E-state index contributed by atoms with van der Waals surface area (Å²) in [5, 5.41) is 9.22. The fraction of sp³-hybridized carbons (Fsp3) is 0.364. The molecule has 2 aromatic rings. The highest BCUT2D eigenvalue weighted by atomic mass is 19.1. The molecule has 0 spiro atoms. The minimum absolute atomic E-state index is 0.0586. The number of aromatic amines is 1. The van der Waals surface area contributed by atoms with Crippen molar-refractivity contribution in [2.75, 3.05) is 7.11 Å². The van der Waals surface area contributed by atoms with Crippen LogP contribution in [0.15, 0.2) is 0 Å². The van der Waals surface area contributed by atoms with Gasteiger partial charge in [-0.3, -0.25) is 9.89 Å². The molecule has 1 aliphatic rings. The van der Waals surface area contributed by atoms with E-state index in [4.69, 9.17) is 0 Å². The number of esters is 1. The summed E-state index contributed by atoms with van der Waals surface area (Å²) in [5.74, 6) is -2.19. The normalized spacial score (nSPS) is 15.1. The summed E-state index contributed by atoms with van der Waals surface area (Å²) < 4.78 is 32.8. The summed E-state index contributed by atoms with van der Waals surface area (Å²) in [6.45, 7) is 0. The second-order valence-electron chi connectivity index (χ2n) is 4.25. The fourth-order valence-corrected chi connectivity index (χ4v) is 2.42. The van der Waals surface area contributed by atoms with Crippen LogP contribution in [0.1, 0.15) is 11.1 Å². The highest BCUT2D eigenvalue weighted by Gasteiger charge is 2.35. The van der Waals surface area contributed by atoms with Gasteiger partial charge in [0.05, 0.1) is 13.0 Å². The molecule has 0 amide bonds. The minimum atomic E-state index is -0.610.